The highest BCUT2D eigenvalue weighted by Crippen LogP contribution is 2.26. The second-order valence-electron chi connectivity index (χ2n) is 5.58. The van der Waals surface area contributed by atoms with Crippen LogP contribution >= 0.6 is 11.8 Å². The van der Waals surface area contributed by atoms with Crippen LogP contribution in [0.25, 0.3) is 22.1 Å². The van der Waals surface area contributed by atoms with Gasteiger partial charge >= 0.3 is 0 Å². The number of hydrogen-bond acceptors (Lipinski definition) is 6. The van der Waals surface area contributed by atoms with Crippen molar-refractivity contribution in [3.63, 3.8) is 0 Å². The Balaban J connectivity index is 1.52. The number of nitro benzene ring substituents is 1. The summed E-state index contributed by atoms with van der Waals surface area (Å²) in [5.74, 6) is 2.11. The number of rotatable bonds is 6. The average molecular weight is 369 g/mol. The second-order valence-corrected chi connectivity index (χ2v) is 6.55. The van der Waals surface area contributed by atoms with E-state index in [1.807, 2.05) is 25.1 Å². The van der Waals surface area contributed by atoms with Gasteiger partial charge in [0.15, 0.2) is 5.16 Å². The predicted molar refractivity (Wildman–Crippen MR) is 99.6 cm³/mol. The van der Waals surface area contributed by atoms with Crippen molar-refractivity contribution in [1.82, 2.24) is 19.9 Å². The molecule has 0 amide bonds. The zero-order valence-corrected chi connectivity index (χ0v) is 14.7. The van der Waals surface area contributed by atoms with E-state index < -0.39 is 4.92 Å². The van der Waals surface area contributed by atoms with Crippen molar-refractivity contribution >= 4 is 39.5 Å². The predicted octanol–water partition coefficient (Wildman–Crippen LogP) is 4.04. The molecule has 0 aliphatic heterocycles. The highest BCUT2D eigenvalue weighted by Gasteiger charge is 2.11. The molecule has 0 saturated carbocycles. The molecule has 0 unspecified atom stereocenters. The number of aromatic nitrogens is 4. The monoisotopic (exact) mass is 369 g/mol. The third-order valence-electron chi connectivity index (χ3n) is 3.81. The summed E-state index contributed by atoms with van der Waals surface area (Å²) in [4.78, 5) is 25.8. The summed E-state index contributed by atoms with van der Waals surface area (Å²) in [7, 11) is 0. The lowest BCUT2D eigenvalue weighted by Gasteiger charge is -2.00. The number of ether oxygens (including phenoxy) is 1. The summed E-state index contributed by atoms with van der Waals surface area (Å²) in [5.41, 5.74) is 3.19. The van der Waals surface area contributed by atoms with Gasteiger partial charge in [-0.05, 0) is 25.1 Å². The molecule has 0 radical (unpaired) electrons. The van der Waals surface area contributed by atoms with Gasteiger partial charge in [0.05, 0.1) is 39.3 Å². The molecule has 2 heterocycles. The Morgan fingerprint density at radius 1 is 1.12 bits per heavy atom. The van der Waals surface area contributed by atoms with Crippen molar-refractivity contribution in [2.75, 3.05) is 6.61 Å². The number of non-ortho nitro benzene ring substituents is 1. The van der Waals surface area contributed by atoms with Crippen molar-refractivity contribution in [2.45, 2.75) is 17.8 Å². The highest BCUT2D eigenvalue weighted by atomic mass is 32.2. The third kappa shape index (κ3) is 3.21. The molecular formula is C17H15N5O3S. The number of fused-ring (bicyclic) bond motifs is 2. The van der Waals surface area contributed by atoms with Crippen LogP contribution in [0.3, 0.4) is 0 Å². The molecule has 0 bridgehead atoms. The van der Waals surface area contributed by atoms with E-state index in [1.165, 1.54) is 23.9 Å². The standard InChI is InChI=1S/C17H15N5O3S/c1-2-25-11-4-6-13-15(8-11)21-17(20-13)26-9-16-18-12-5-3-10(22(23)24)7-14(12)19-16/h3-8H,2,9H2,1H3,(H,18,19)(H,20,21). The minimum absolute atomic E-state index is 0.0442. The molecule has 0 saturated heterocycles. The number of nitro groups is 1. The van der Waals surface area contributed by atoms with Crippen molar-refractivity contribution in [1.29, 1.82) is 0 Å². The summed E-state index contributed by atoms with van der Waals surface area (Å²) in [6.07, 6.45) is 0. The van der Waals surface area contributed by atoms with E-state index in [1.54, 1.807) is 6.07 Å². The number of benzene rings is 2. The van der Waals surface area contributed by atoms with Gasteiger partial charge in [0.2, 0.25) is 0 Å². The van der Waals surface area contributed by atoms with Gasteiger partial charge in [-0.25, -0.2) is 9.97 Å². The lowest BCUT2D eigenvalue weighted by Crippen LogP contribution is -1.90. The molecule has 0 fully saturated rings. The fourth-order valence-corrected chi connectivity index (χ4v) is 3.41. The number of nitrogens with one attached hydrogen (secondary N) is 2. The molecule has 8 nitrogen and oxygen atoms in total. The van der Waals surface area contributed by atoms with Gasteiger partial charge in [-0.2, -0.15) is 0 Å². The molecule has 2 N–H and O–H groups in total. The van der Waals surface area contributed by atoms with Crippen LogP contribution in [0.4, 0.5) is 5.69 Å². The Hall–Kier alpha value is -3.07. The number of aromatic amines is 2. The SMILES string of the molecule is CCOc1ccc2nc(SCc3nc4ccc([N+](=O)[O-])cc4[nH]3)[nH]c2c1. The van der Waals surface area contributed by atoms with Crippen LogP contribution in [0, 0.1) is 10.1 Å². The van der Waals surface area contributed by atoms with E-state index in [9.17, 15) is 10.1 Å². The maximum Gasteiger partial charge on any atom is 0.271 e. The minimum atomic E-state index is -0.417. The summed E-state index contributed by atoms with van der Waals surface area (Å²) in [5, 5.41) is 11.6. The third-order valence-corrected chi connectivity index (χ3v) is 4.70. The van der Waals surface area contributed by atoms with E-state index in [-0.39, 0.29) is 5.69 Å². The zero-order chi connectivity index (χ0) is 18.1. The Morgan fingerprint density at radius 3 is 2.69 bits per heavy atom. The molecule has 4 rings (SSSR count). The molecule has 9 heteroatoms. The molecule has 0 spiro atoms. The van der Waals surface area contributed by atoms with Gasteiger partial charge in [-0.3, -0.25) is 10.1 Å². The van der Waals surface area contributed by atoms with E-state index in [0.29, 0.717) is 23.4 Å². The van der Waals surface area contributed by atoms with Gasteiger partial charge < -0.3 is 14.7 Å². The first-order chi connectivity index (χ1) is 12.6. The summed E-state index contributed by atoms with van der Waals surface area (Å²) < 4.78 is 5.50. The normalized spacial score (nSPS) is 11.3. The number of nitrogens with zero attached hydrogens (tertiary/aromatic N) is 3. The Labute approximate surface area is 152 Å². The average Bonchev–Trinajstić information content (AvgIpc) is 3.22. The first-order valence-electron chi connectivity index (χ1n) is 8.01. The summed E-state index contributed by atoms with van der Waals surface area (Å²) in [6.45, 7) is 2.56. The lowest BCUT2D eigenvalue weighted by atomic mass is 10.3. The summed E-state index contributed by atoms with van der Waals surface area (Å²) in [6, 6.07) is 10.3. The number of hydrogen-bond donors (Lipinski definition) is 2. The van der Waals surface area contributed by atoms with Crippen LogP contribution in [0.1, 0.15) is 12.7 Å². The second kappa shape index (κ2) is 6.68. The van der Waals surface area contributed by atoms with Crippen LogP contribution in [0.15, 0.2) is 41.6 Å². The van der Waals surface area contributed by atoms with Gasteiger partial charge in [0.25, 0.3) is 5.69 Å². The maximum absolute atomic E-state index is 10.9. The molecule has 0 aliphatic rings. The van der Waals surface area contributed by atoms with Crippen LogP contribution in [0.2, 0.25) is 0 Å². The van der Waals surface area contributed by atoms with Gasteiger partial charge in [-0.1, -0.05) is 11.8 Å². The Kier molecular flexibility index (Phi) is 4.21. The Bertz CT molecular complexity index is 1100. The van der Waals surface area contributed by atoms with E-state index in [4.69, 9.17) is 4.74 Å². The first kappa shape index (κ1) is 16.4. The van der Waals surface area contributed by atoms with Gasteiger partial charge in [0.1, 0.15) is 11.6 Å². The van der Waals surface area contributed by atoms with Crippen molar-refractivity contribution in [3.05, 3.63) is 52.3 Å². The Morgan fingerprint density at radius 2 is 1.88 bits per heavy atom. The number of thioether (sulfide) groups is 1. The topological polar surface area (TPSA) is 110 Å². The molecule has 26 heavy (non-hydrogen) atoms. The molecule has 132 valence electrons. The largest absolute Gasteiger partial charge is 0.494 e. The summed E-state index contributed by atoms with van der Waals surface area (Å²) >= 11 is 1.51. The molecular weight excluding hydrogens is 354 g/mol. The number of H-pyrrole nitrogens is 2. The van der Waals surface area contributed by atoms with E-state index in [2.05, 4.69) is 19.9 Å². The van der Waals surface area contributed by atoms with Crippen molar-refractivity contribution in [2.24, 2.45) is 0 Å². The zero-order valence-electron chi connectivity index (χ0n) is 13.9. The van der Waals surface area contributed by atoms with E-state index in [0.717, 1.165) is 27.8 Å². The van der Waals surface area contributed by atoms with Crippen LogP contribution in [-0.2, 0) is 5.75 Å². The quantitative estimate of drug-likeness (QED) is 0.301. The number of imidazole rings is 2. The van der Waals surface area contributed by atoms with E-state index >= 15 is 0 Å². The van der Waals surface area contributed by atoms with Crippen LogP contribution in [0.5, 0.6) is 5.75 Å². The molecule has 2 aromatic heterocycles. The smallest absolute Gasteiger partial charge is 0.271 e. The molecule has 2 aromatic carbocycles. The first-order valence-corrected chi connectivity index (χ1v) is 8.99. The van der Waals surface area contributed by atoms with Crippen molar-refractivity contribution < 1.29 is 9.66 Å². The molecule has 4 aromatic rings. The van der Waals surface area contributed by atoms with Gasteiger partial charge in [0, 0.05) is 18.2 Å². The fraction of sp³-hybridized carbons (Fsp3) is 0.176. The fourth-order valence-electron chi connectivity index (χ4n) is 2.66. The minimum Gasteiger partial charge on any atom is -0.494 e. The molecule has 0 atom stereocenters. The van der Waals surface area contributed by atoms with Crippen molar-refractivity contribution in [3.8, 4) is 5.75 Å². The molecule has 0 aliphatic carbocycles. The highest BCUT2D eigenvalue weighted by molar-refractivity contribution is 7.98. The maximum atomic E-state index is 10.9. The van der Waals surface area contributed by atoms with Crippen LogP contribution in [-0.4, -0.2) is 31.5 Å². The lowest BCUT2D eigenvalue weighted by molar-refractivity contribution is -0.384. The van der Waals surface area contributed by atoms with Gasteiger partial charge in [-0.15, -0.1) is 0 Å². The van der Waals surface area contributed by atoms with Crippen LogP contribution < -0.4 is 4.74 Å².